The first-order chi connectivity index (χ1) is 19.9. The summed E-state index contributed by atoms with van der Waals surface area (Å²) in [4.78, 5) is 39.9. The smallest absolute Gasteiger partial charge is 0.268 e. The second kappa shape index (κ2) is 12.5. The predicted molar refractivity (Wildman–Crippen MR) is 172 cm³/mol. The first-order valence-electron chi connectivity index (χ1n) is 13.4. The topological polar surface area (TPSA) is 90.5 Å². The fraction of sp³-hybridized carbons (Fsp3) is 0.323. The molecule has 0 aromatic heterocycles. The Morgan fingerprint density at radius 1 is 1.07 bits per heavy atom. The minimum Gasteiger partial charge on any atom is -0.340 e. The molecule has 0 aliphatic carbocycles. The van der Waals surface area contributed by atoms with Gasteiger partial charge in [0.05, 0.1) is 27.7 Å². The van der Waals surface area contributed by atoms with Crippen molar-refractivity contribution >= 4 is 69.8 Å². The lowest BCUT2D eigenvalue weighted by molar-refractivity contribution is -0.132. The maximum absolute atomic E-state index is 14.5. The SMILES string of the molecule is CCC(C)(NC(=O)c1cc(Cl)c(C)c(Cl)c1C1(SC)NC(C)(c2ccccc2)C(=O)N1Nc1ccccc1)C(=O)CCl. The van der Waals surface area contributed by atoms with E-state index < -0.39 is 22.0 Å². The molecule has 2 amide bonds. The van der Waals surface area contributed by atoms with E-state index in [1.54, 1.807) is 27.7 Å². The average Bonchev–Trinajstić information content (AvgIpc) is 3.22. The van der Waals surface area contributed by atoms with Gasteiger partial charge >= 0.3 is 0 Å². The van der Waals surface area contributed by atoms with E-state index >= 15 is 0 Å². The zero-order chi connectivity index (χ0) is 30.9. The molecule has 1 aliphatic rings. The molecule has 0 radical (unpaired) electrons. The monoisotopic (exact) mass is 646 g/mol. The summed E-state index contributed by atoms with van der Waals surface area (Å²) in [5, 5.41) is 8.38. The van der Waals surface area contributed by atoms with Crippen LogP contribution in [0.1, 0.15) is 54.2 Å². The molecule has 7 nitrogen and oxygen atoms in total. The molecule has 3 aromatic rings. The number of anilines is 1. The Kier molecular flexibility index (Phi) is 9.55. The molecule has 0 bridgehead atoms. The van der Waals surface area contributed by atoms with Gasteiger partial charge in [0.1, 0.15) is 5.54 Å². The summed E-state index contributed by atoms with van der Waals surface area (Å²) in [7, 11) is 0. The van der Waals surface area contributed by atoms with Gasteiger partial charge in [-0.3, -0.25) is 25.1 Å². The van der Waals surface area contributed by atoms with E-state index in [-0.39, 0.29) is 33.2 Å². The molecule has 1 aliphatic heterocycles. The first-order valence-corrected chi connectivity index (χ1v) is 15.9. The van der Waals surface area contributed by atoms with E-state index in [0.717, 1.165) is 5.56 Å². The molecule has 3 N–H and O–H groups in total. The van der Waals surface area contributed by atoms with Crippen molar-refractivity contribution in [2.24, 2.45) is 0 Å². The van der Waals surface area contributed by atoms with Gasteiger partial charge in [-0.1, -0.05) is 78.7 Å². The lowest BCUT2D eigenvalue weighted by atomic mass is 9.91. The van der Waals surface area contributed by atoms with Crippen molar-refractivity contribution in [1.29, 1.82) is 0 Å². The zero-order valence-corrected chi connectivity index (χ0v) is 27.1. The number of rotatable bonds is 10. The van der Waals surface area contributed by atoms with Gasteiger partial charge in [-0.15, -0.1) is 23.4 Å². The van der Waals surface area contributed by atoms with Crippen LogP contribution in [0.2, 0.25) is 10.0 Å². The molecule has 4 rings (SSSR count). The number of hydrogen-bond acceptors (Lipinski definition) is 6. The van der Waals surface area contributed by atoms with Crippen LogP contribution in [0.25, 0.3) is 0 Å². The summed E-state index contributed by atoms with van der Waals surface area (Å²) in [6, 6.07) is 20.1. The number of carbonyl (C=O) groups excluding carboxylic acids is 3. The fourth-order valence-corrected chi connectivity index (χ4v) is 7.00. The number of nitrogens with zero attached hydrogens (tertiary/aromatic N) is 1. The van der Waals surface area contributed by atoms with Crippen LogP contribution in [0.3, 0.4) is 0 Å². The number of nitrogens with one attached hydrogen (secondary N) is 3. The van der Waals surface area contributed by atoms with Gasteiger partial charge in [-0.2, -0.15) is 0 Å². The number of carbonyl (C=O) groups is 3. The minimum atomic E-state index is -1.41. The molecule has 1 heterocycles. The Hall–Kier alpha value is -2.75. The highest BCUT2D eigenvalue weighted by atomic mass is 35.5. The molecule has 11 heteroatoms. The Balaban J connectivity index is 1.99. The van der Waals surface area contributed by atoms with Gasteiger partial charge in [0, 0.05) is 10.6 Å². The van der Waals surface area contributed by atoms with Crippen molar-refractivity contribution < 1.29 is 14.4 Å². The number of alkyl halides is 1. The van der Waals surface area contributed by atoms with E-state index in [1.165, 1.54) is 22.8 Å². The van der Waals surface area contributed by atoms with Crippen LogP contribution in [0.15, 0.2) is 66.7 Å². The maximum Gasteiger partial charge on any atom is 0.268 e. The summed E-state index contributed by atoms with van der Waals surface area (Å²) in [6.45, 7) is 6.97. The lowest BCUT2D eigenvalue weighted by Gasteiger charge is -2.39. The van der Waals surface area contributed by atoms with E-state index in [0.29, 0.717) is 23.2 Å². The normalized spacial score (nSPS) is 21.6. The van der Waals surface area contributed by atoms with E-state index in [9.17, 15) is 14.4 Å². The molecular formula is C31H33Cl3N4O3S. The third-order valence-corrected chi connectivity index (χ3v) is 10.1. The van der Waals surface area contributed by atoms with Crippen LogP contribution >= 0.6 is 46.6 Å². The minimum absolute atomic E-state index is 0.115. The van der Waals surface area contributed by atoms with Gasteiger partial charge in [-0.25, -0.2) is 5.01 Å². The second-order valence-electron chi connectivity index (χ2n) is 10.5. The Morgan fingerprint density at radius 2 is 1.67 bits per heavy atom. The molecule has 0 saturated carbocycles. The summed E-state index contributed by atoms with van der Waals surface area (Å²) in [5.41, 5.74) is 3.18. The standard InChI is InChI=1S/C31H33Cl3N4O3S/c1-6-29(3,24(39)18-32)35-27(40)22-17-23(33)19(2)26(34)25(22)31(42-5)37-30(4,20-13-9-7-10-14-20)28(41)38(31)36-21-15-11-8-12-16-21/h7-17,36-37H,6,18H2,1-5H3,(H,35,40). The Morgan fingerprint density at radius 3 is 2.21 bits per heavy atom. The van der Waals surface area contributed by atoms with Crippen molar-refractivity contribution in [2.75, 3.05) is 17.6 Å². The number of ketones is 1. The molecule has 3 atom stereocenters. The highest BCUT2D eigenvalue weighted by molar-refractivity contribution is 7.99. The van der Waals surface area contributed by atoms with E-state index in [2.05, 4.69) is 16.1 Å². The number of amides is 2. The number of hydrazine groups is 1. The molecule has 0 spiro atoms. The highest BCUT2D eigenvalue weighted by Crippen LogP contribution is 2.51. The fourth-order valence-electron chi connectivity index (χ4n) is 5.02. The molecule has 222 valence electrons. The molecule has 3 unspecified atom stereocenters. The van der Waals surface area contributed by atoms with E-state index in [1.807, 2.05) is 66.9 Å². The number of benzene rings is 3. The highest BCUT2D eigenvalue weighted by Gasteiger charge is 2.60. The van der Waals surface area contributed by atoms with Gasteiger partial charge in [-0.05, 0) is 62.8 Å². The molecule has 3 aromatic carbocycles. The van der Waals surface area contributed by atoms with Crippen molar-refractivity contribution in [1.82, 2.24) is 15.6 Å². The number of thioether (sulfide) groups is 1. The van der Waals surface area contributed by atoms with Crippen molar-refractivity contribution in [2.45, 2.75) is 50.2 Å². The zero-order valence-electron chi connectivity index (χ0n) is 24.0. The quantitative estimate of drug-likeness (QED) is 0.209. The number of hydrogen-bond donors (Lipinski definition) is 3. The maximum atomic E-state index is 14.5. The largest absolute Gasteiger partial charge is 0.340 e. The van der Waals surface area contributed by atoms with E-state index in [4.69, 9.17) is 34.8 Å². The van der Waals surface area contributed by atoms with Gasteiger partial charge in [0.15, 0.2) is 10.8 Å². The summed E-state index contributed by atoms with van der Waals surface area (Å²) < 4.78 is 0. The number of para-hydroxylation sites is 1. The molecule has 1 saturated heterocycles. The third kappa shape index (κ3) is 5.51. The Labute approximate surface area is 265 Å². The molecule has 42 heavy (non-hydrogen) atoms. The van der Waals surface area contributed by atoms with Gasteiger partial charge < -0.3 is 5.32 Å². The number of Topliss-reactive ketones (excluding diaryl/α,β-unsaturated/α-hetero) is 1. The second-order valence-corrected chi connectivity index (χ2v) is 12.6. The molecule has 1 fully saturated rings. The van der Waals surface area contributed by atoms with Crippen LogP contribution in [0.4, 0.5) is 5.69 Å². The van der Waals surface area contributed by atoms with Crippen LogP contribution < -0.4 is 16.1 Å². The summed E-state index contributed by atoms with van der Waals surface area (Å²) in [6.07, 6.45) is 2.14. The lowest BCUT2D eigenvalue weighted by Crippen LogP contribution is -2.54. The van der Waals surface area contributed by atoms with Crippen LogP contribution in [-0.2, 0) is 20.1 Å². The Bertz CT molecular complexity index is 1510. The van der Waals surface area contributed by atoms with Gasteiger partial charge in [0.25, 0.3) is 11.8 Å². The van der Waals surface area contributed by atoms with Gasteiger partial charge in [0.2, 0.25) is 0 Å². The van der Waals surface area contributed by atoms with Crippen molar-refractivity contribution in [3.63, 3.8) is 0 Å². The summed E-state index contributed by atoms with van der Waals surface area (Å²) >= 11 is 20.9. The average molecular weight is 648 g/mol. The first kappa shape index (κ1) is 32.2. The number of halogens is 3. The van der Waals surface area contributed by atoms with Crippen LogP contribution in [0, 0.1) is 6.92 Å². The molecular weight excluding hydrogens is 615 g/mol. The third-order valence-electron chi connectivity index (χ3n) is 7.89. The van der Waals surface area contributed by atoms with Crippen molar-refractivity contribution in [3.8, 4) is 0 Å². The van der Waals surface area contributed by atoms with Crippen molar-refractivity contribution in [3.05, 3.63) is 99.0 Å². The predicted octanol–water partition coefficient (Wildman–Crippen LogP) is 6.86. The van der Waals surface area contributed by atoms with Crippen LogP contribution in [0.5, 0.6) is 0 Å². The van der Waals surface area contributed by atoms with Crippen LogP contribution in [-0.4, -0.2) is 40.3 Å². The summed E-state index contributed by atoms with van der Waals surface area (Å²) in [5.74, 6) is -1.46.